The van der Waals surface area contributed by atoms with Gasteiger partial charge in [0.1, 0.15) is 11.6 Å². The summed E-state index contributed by atoms with van der Waals surface area (Å²) < 4.78 is 33.7. The van der Waals surface area contributed by atoms with Crippen LogP contribution >= 0.6 is 11.6 Å². The summed E-state index contributed by atoms with van der Waals surface area (Å²) in [6.07, 6.45) is 2.53. The number of nitrogens with one attached hydrogen (secondary N) is 1. The molecule has 3 heterocycles. The Morgan fingerprint density at radius 1 is 1.15 bits per heavy atom. The van der Waals surface area contributed by atoms with Gasteiger partial charge in [-0.15, -0.1) is 0 Å². The Balaban J connectivity index is 1.58. The highest BCUT2D eigenvalue weighted by Crippen LogP contribution is 2.37. The molecular formula is C24H25ClN4O4S. The number of anilines is 1. The van der Waals surface area contributed by atoms with Crippen molar-refractivity contribution in [2.45, 2.75) is 37.8 Å². The number of nitrogens with zero attached hydrogens (tertiary/aromatic N) is 3. The van der Waals surface area contributed by atoms with Crippen LogP contribution in [0.4, 0.5) is 5.82 Å². The van der Waals surface area contributed by atoms with E-state index in [1.165, 1.54) is 18.2 Å². The Hall–Kier alpha value is -3.17. The minimum Gasteiger partial charge on any atom is -0.437 e. The summed E-state index contributed by atoms with van der Waals surface area (Å²) >= 11 is 6.10. The van der Waals surface area contributed by atoms with E-state index in [0.717, 1.165) is 13.0 Å². The van der Waals surface area contributed by atoms with Gasteiger partial charge < -0.3 is 9.64 Å². The molecule has 1 saturated heterocycles. The van der Waals surface area contributed by atoms with E-state index in [0.29, 0.717) is 22.5 Å². The highest BCUT2D eigenvalue weighted by atomic mass is 35.5. The van der Waals surface area contributed by atoms with Gasteiger partial charge in [-0.05, 0) is 56.5 Å². The van der Waals surface area contributed by atoms with E-state index in [-0.39, 0.29) is 22.0 Å². The number of hydrogen-bond donors (Lipinski definition) is 1. The van der Waals surface area contributed by atoms with Crippen LogP contribution in [-0.4, -0.2) is 36.4 Å². The predicted octanol–water partition coefficient (Wildman–Crippen LogP) is 4.67. The Bertz CT molecular complexity index is 1330. The van der Waals surface area contributed by atoms with Crippen LogP contribution < -0.4 is 14.4 Å². The highest BCUT2D eigenvalue weighted by Gasteiger charge is 2.39. The van der Waals surface area contributed by atoms with Crippen molar-refractivity contribution < 1.29 is 17.9 Å². The van der Waals surface area contributed by atoms with E-state index in [1.807, 2.05) is 0 Å². The van der Waals surface area contributed by atoms with Gasteiger partial charge in [-0.25, -0.2) is 9.71 Å². The molecule has 0 radical (unpaired) electrons. The average molecular weight is 501 g/mol. The first-order valence-electron chi connectivity index (χ1n) is 10.8. The summed E-state index contributed by atoms with van der Waals surface area (Å²) in [7, 11) is -4.28. The van der Waals surface area contributed by atoms with Crippen LogP contribution in [0, 0.1) is 5.92 Å². The molecular weight excluding hydrogens is 476 g/mol. The van der Waals surface area contributed by atoms with E-state index in [4.69, 9.17) is 16.3 Å². The smallest absolute Gasteiger partial charge is 0.281 e. The molecule has 0 aliphatic carbocycles. The first-order chi connectivity index (χ1) is 16.1. The summed E-state index contributed by atoms with van der Waals surface area (Å²) in [6.45, 7) is 7.02. The van der Waals surface area contributed by atoms with Gasteiger partial charge in [0, 0.05) is 24.3 Å². The Morgan fingerprint density at radius 2 is 1.91 bits per heavy atom. The number of aromatic nitrogens is 2. The lowest BCUT2D eigenvalue weighted by molar-refractivity contribution is 0.0981. The van der Waals surface area contributed by atoms with Gasteiger partial charge in [0.05, 0.1) is 10.6 Å². The summed E-state index contributed by atoms with van der Waals surface area (Å²) in [5.41, 5.74) is -0.0371. The van der Waals surface area contributed by atoms with Crippen LogP contribution in [-0.2, 0) is 10.0 Å². The van der Waals surface area contributed by atoms with E-state index in [9.17, 15) is 13.2 Å². The standard InChI is InChI=1S/C24H25ClN4O4S/c1-16-14-24(2,3)29(15-16)22-17(8-7-13-26-22)23(30)28-34(31,32)21-12-6-11-20(27-21)33-19-10-5-4-9-18(19)25/h4-13,16H,14-15H2,1-3H3,(H,28,30). The van der Waals surface area contributed by atoms with Crippen molar-refractivity contribution >= 4 is 33.3 Å². The lowest BCUT2D eigenvalue weighted by atomic mass is 9.97. The summed E-state index contributed by atoms with van der Waals surface area (Å²) in [5.74, 6) is 0.448. The van der Waals surface area contributed by atoms with Crippen LogP contribution in [0.1, 0.15) is 37.6 Å². The zero-order valence-electron chi connectivity index (χ0n) is 19.0. The van der Waals surface area contributed by atoms with Gasteiger partial charge in [0.15, 0.2) is 5.03 Å². The molecule has 1 aliphatic rings. The molecule has 1 atom stereocenters. The number of hydrogen-bond acceptors (Lipinski definition) is 7. The van der Waals surface area contributed by atoms with E-state index in [2.05, 4.69) is 40.4 Å². The molecule has 1 amide bonds. The van der Waals surface area contributed by atoms with E-state index < -0.39 is 15.9 Å². The number of para-hydroxylation sites is 1. The lowest BCUT2D eigenvalue weighted by Gasteiger charge is -2.33. The Morgan fingerprint density at radius 3 is 2.62 bits per heavy atom. The zero-order valence-corrected chi connectivity index (χ0v) is 20.6. The third-order valence-corrected chi connectivity index (χ3v) is 7.16. The maximum atomic E-state index is 13.1. The summed E-state index contributed by atoms with van der Waals surface area (Å²) in [6, 6.07) is 14.2. The zero-order chi connectivity index (χ0) is 24.5. The largest absolute Gasteiger partial charge is 0.437 e. The Kier molecular flexibility index (Phi) is 6.51. The fourth-order valence-corrected chi connectivity index (χ4v) is 5.32. The number of pyridine rings is 2. The SMILES string of the molecule is CC1CN(c2ncccc2C(=O)NS(=O)(=O)c2cccc(Oc3ccccc3Cl)n2)C(C)(C)C1. The first-order valence-corrected chi connectivity index (χ1v) is 12.6. The van der Waals surface area contributed by atoms with Crippen molar-refractivity contribution in [2.24, 2.45) is 5.92 Å². The van der Waals surface area contributed by atoms with E-state index >= 15 is 0 Å². The molecule has 0 bridgehead atoms. The molecule has 1 unspecified atom stereocenters. The van der Waals surface area contributed by atoms with Gasteiger partial charge in [-0.3, -0.25) is 4.79 Å². The molecule has 10 heteroatoms. The fourth-order valence-electron chi connectivity index (χ4n) is 4.22. The molecule has 4 rings (SSSR count). The normalized spacial score (nSPS) is 17.4. The number of carbonyl (C=O) groups excluding carboxylic acids is 1. The lowest BCUT2D eigenvalue weighted by Crippen LogP contribution is -2.41. The minimum atomic E-state index is -4.28. The highest BCUT2D eigenvalue weighted by molar-refractivity contribution is 7.90. The maximum absolute atomic E-state index is 13.1. The number of benzene rings is 1. The predicted molar refractivity (Wildman–Crippen MR) is 130 cm³/mol. The van der Waals surface area contributed by atoms with E-state index in [1.54, 1.807) is 42.6 Å². The van der Waals surface area contributed by atoms with Crippen molar-refractivity contribution in [3.05, 3.63) is 71.4 Å². The second kappa shape index (κ2) is 9.23. The second-order valence-electron chi connectivity index (χ2n) is 8.89. The van der Waals surface area contributed by atoms with Crippen LogP contribution in [0.25, 0.3) is 0 Å². The number of amides is 1. The van der Waals surface area contributed by atoms with Gasteiger partial charge in [0.25, 0.3) is 15.9 Å². The quantitative estimate of drug-likeness (QED) is 0.525. The molecule has 178 valence electrons. The molecule has 8 nitrogen and oxygen atoms in total. The average Bonchev–Trinajstić information content (AvgIpc) is 3.07. The third-order valence-electron chi connectivity index (χ3n) is 5.61. The molecule has 1 N–H and O–H groups in total. The summed E-state index contributed by atoms with van der Waals surface area (Å²) in [4.78, 5) is 23.6. The van der Waals surface area contributed by atoms with Crippen molar-refractivity contribution in [2.75, 3.05) is 11.4 Å². The number of carbonyl (C=O) groups is 1. The first kappa shape index (κ1) is 24.0. The minimum absolute atomic E-state index is 0.0262. The number of rotatable bonds is 6. The molecule has 1 aliphatic heterocycles. The number of halogens is 1. The number of ether oxygens (including phenoxy) is 1. The molecule has 1 fully saturated rings. The maximum Gasteiger partial charge on any atom is 0.281 e. The van der Waals surface area contributed by atoms with Gasteiger partial charge in [0.2, 0.25) is 5.88 Å². The van der Waals surface area contributed by atoms with Crippen molar-refractivity contribution in [3.63, 3.8) is 0 Å². The Labute approximate surface area is 204 Å². The molecule has 2 aromatic heterocycles. The monoisotopic (exact) mass is 500 g/mol. The number of sulfonamides is 1. The molecule has 0 spiro atoms. The van der Waals surface area contributed by atoms with Gasteiger partial charge >= 0.3 is 0 Å². The molecule has 0 saturated carbocycles. The van der Waals surface area contributed by atoms with Crippen LogP contribution in [0.15, 0.2) is 65.8 Å². The van der Waals surface area contributed by atoms with Crippen LogP contribution in [0.3, 0.4) is 0 Å². The van der Waals surface area contributed by atoms with Crippen molar-refractivity contribution in [1.29, 1.82) is 0 Å². The third kappa shape index (κ3) is 5.00. The molecule has 34 heavy (non-hydrogen) atoms. The van der Waals surface area contributed by atoms with Crippen molar-refractivity contribution in [1.82, 2.24) is 14.7 Å². The van der Waals surface area contributed by atoms with Crippen LogP contribution in [0.2, 0.25) is 5.02 Å². The van der Waals surface area contributed by atoms with Gasteiger partial charge in [-0.2, -0.15) is 13.4 Å². The second-order valence-corrected chi connectivity index (χ2v) is 10.9. The van der Waals surface area contributed by atoms with Gasteiger partial charge in [-0.1, -0.05) is 36.7 Å². The summed E-state index contributed by atoms with van der Waals surface area (Å²) in [5, 5.41) is 0.0000868. The topological polar surface area (TPSA) is 101 Å². The fraction of sp³-hybridized carbons (Fsp3) is 0.292. The molecule has 1 aromatic carbocycles. The van der Waals surface area contributed by atoms with Crippen molar-refractivity contribution in [3.8, 4) is 11.6 Å². The molecule has 3 aromatic rings. The van der Waals surface area contributed by atoms with Crippen LogP contribution in [0.5, 0.6) is 11.6 Å².